The first kappa shape index (κ1) is 35.3. The molecule has 0 bridgehead atoms. The number of hydrogen-bond acceptors (Lipinski definition) is 6. The molecule has 0 fully saturated rings. The van der Waals surface area contributed by atoms with E-state index < -0.39 is 0 Å². The molecule has 8 heteroatoms. The summed E-state index contributed by atoms with van der Waals surface area (Å²) in [5, 5.41) is 0. The van der Waals surface area contributed by atoms with Crippen LogP contribution < -0.4 is 28.7 Å². The Bertz CT molecular complexity index is 789. The number of ether oxygens (including phenoxy) is 2. The molecular formula is C30H54IN3O3S. The molecule has 0 aliphatic carbocycles. The van der Waals surface area contributed by atoms with Crippen LogP contribution >= 0.6 is 11.7 Å². The zero-order valence-electron chi connectivity index (χ0n) is 24.6. The molecule has 0 aromatic carbocycles. The molecule has 0 saturated heterocycles. The van der Waals surface area contributed by atoms with Gasteiger partial charge in [0.2, 0.25) is 6.23 Å². The highest BCUT2D eigenvalue weighted by Gasteiger charge is 2.38. The standard InChI is InChI=1S/C30H54N3O3S.HI/c1-5-8-10-12-13-14-15-16-17-18-22-28(34)36-27(7-3)33(4)23-20-21-26(25-33)29-30(32-37-31-29)35-24-19-11-9-6-2;/h21,27H,5-20,22-25H2,1-4H3;1H/q+1;/p-1. The van der Waals surface area contributed by atoms with Gasteiger partial charge < -0.3 is 33.5 Å². The van der Waals surface area contributed by atoms with Crippen LogP contribution in [0, 0.1) is 0 Å². The first-order valence-corrected chi connectivity index (χ1v) is 16.0. The number of esters is 1. The fraction of sp³-hybridized carbons (Fsp3) is 0.833. The van der Waals surface area contributed by atoms with Crippen LogP contribution in [0.25, 0.3) is 5.57 Å². The minimum atomic E-state index is -0.135. The monoisotopic (exact) mass is 663 g/mol. The number of unbranched alkanes of at least 4 members (excludes halogenated alkanes) is 12. The van der Waals surface area contributed by atoms with Crippen LogP contribution in [-0.2, 0) is 9.53 Å². The molecule has 0 spiro atoms. The molecule has 1 aliphatic heterocycles. The van der Waals surface area contributed by atoms with E-state index in [1.807, 2.05) is 0 Å². The molecule has 2 atom stereocenters. The predicted molar refractivity (Wildman–Crippen MR) is 155 cm³/mol. The highest BCUT2D eigenvalue weighted by molar-refractivity contribution is 6.99. The molecule has 2 heterocycles. The van der Waals surface area contributed by atoms with Gasteiger partial charge in [-0.25, -0.2) is 0 Å². The molecule has 220 valence electrons. The lowest BCUT2D eigenvalue weighted by Gasteiger charge is -2.42. The third-order valence-corrected chi connectivity index (χ3v) is 8.12. The van der Waals surface area contributed by atoms with E-state index in [1.54, 1.807) is 0 Å². The Morgan fingerprint density at radius 1 is 0.921 bits per heavy atom. The maximum Gasteiger partial charge on any atom is 0.310 e. The Balaban J connectivity index is 0.00000722. The Morgan fingerprint density at radius 3 is 2.16 bits per heavy atom. The average molecular weight is 664 g/mol. The number of carbonyl (C=O) groups excluding carboxylic acids is 1. The average Bonchev–Trinajstić information content (AvgIpc) is 3.37. The van der Waals surface area contributed by atoms with Crippen molar-refractivity contribution in [3.05, 3.63) is 11.8 Å². The molecule has 0 radical (unpaired) electrons. The molecule has 0 N–H and O–H groups in total. The zero-order valence-corrected chi connectivity index (χ0v) is 27.6. The van der Waals surface area contributed by atoms with Crippen LogP contribution in [0.4, 0.5) is 0 Å². The molecule has 0 saturated carbocycles. The number of quaternary nitrogens is 1. The highest BCUT2D eigenvalue weighted by Crippen LogP contribution is 2.32. The van der Waals surface area contributed by atoms with E-state index in [2.05, 4.69) is 42.6 Å². The van der Waals surface area contributed by atoms with E-state index in [0.29, 0.717) is 23.4 Å². The molecular weight excluding hydrogens is 609 g/mol. The lowest BCUT2D eigenvalue weighted by molar-refractivity contribution is -0.947. The van der Waals surface area contributed by atoms with Gasteiger partial charge in [-0.2, -0.15) is 4.37 Å². The minimum absolute atomic E-state index is 0. The number of rotatable bonds is 21. The summed E-state index contributed by atoms with van der Waals surface area (Å²) in [4.78, 5) is 12.7. The molecule has 1 aliphatic rings. The van der Waals surface area contributed by atoms with Crippen molar-refractivity contribution in [3.8, 4) is 5.88 Å². The van der Waals surface area contributed by atoms with Crippen LogP contribution in [-0.4, -0.2) is 52.2 Å². The number of aromatic nitrogens is 2. The van der Waals surface area contributed by atoms with Gasteiger partial charge in [0, 0.05) is 24.8 Å². The van der Waals surface area contributed by atoms with Crippen molar-refractivity contribution < 1.29 is 42.7 Å². The second-order valence-electron chi connectivity index (χ2n) is 11.0. The number of hydrogen-bond donors (Lipinski definition) is 0. The fourth-order valence-corrected chi connectivity index (χ4v) is 5.80. The summed E-state index contributed by atoms with van der Waals surface area (Å²) < 4.78 is 21.8. The quantitative estimate of drug-likeness (QED) is 0.0772. The van der Waals surface area contributed by atoms with Crippen molar-refractivity contribution in [1.29, 1.82) is 0 Å². The first-order chi connectivity index (χ1) is 18.0. The molecule has 38 heavy (non-hydrogen) atoms. The smallest absolute Gasteiger partial charge is 0.310 e. The van der Waals surface area contributed by atoms with Crippen molar-refractivity contribution in [2.75, 3.05) is 26.7 Å². The number of carbonyl (C=O) groups is 1. The van der Waals surface area contributed by atoms with Crippen LogP contribution in [0.3, 0.4) is 0 Å². The molecule has 6 nitrogen and oxygen atoms in total. The molecule has 0 amide bonds. The molecule has 2 unspecified atom stereocenters. The summed E-state index contributed by atoms with van der Waals surface area (Å²) in [7, 11) is 2.21. The van der Waals surface area contributed by atoms with Gasteiger partial charge in [-0.1, -0.05) is 104 Å². The van der Waals surface area contributed by atoms with Gasteiger partial charge in [0.1, 0.15) is 12.2 Å². The van der Waals surface area contributed by atoms with Crippen molar-refractivity contribution in [2.45, 2.75) is 136 Å². The molecule has 1 aromatic heterocycles. The normalized spacial score (nSPS) is 17.9. The number of likely N-dealkylation sites (N-methyl/N-ethyl adjacent to an activating group) is 1. The second kappa shape index (κ2) is 21.1. The van der Waals surface area contributed by atoms with Gasteiger partial charge in [-0.15, -0.1) is 4.37 Å². The summed E-state index contributed by atoms with van der Waals surface area (Å²) >= 11 is 1.22. The van der Waals surface area contributed by atoms with Crippen LogP contribution in [0.5, 0.6) is 5.88 Å². The number of nitrogens with zero attached hydrogens (tertiary/aromatic N) is 3. The summed E-state index contributed by atoms with van der Waals surface area (Å²) in [6, 6.07) is 0. The van der Waals surface area contributed by atoms with Gasteiger partial charge in [0.05, 0.1) is 31.9 Å². The third-order valence-electron chi connectivity index (χ3n) is 7.61. The minimum Gasteiger partial charge on any atom is -1.00 e. The van der Waals surface area contributed by atoms with Gasteiger partial charge in [-0.3, -0.25) is 9.28 Å². The number of halogens is 1. The van der Waals surface area contributed by atoms with E-state index in [-0.39, 0.29) is 36.2 Å². The largest absolute Gasteiger partial charge is 1.00 e. The van der Waals surface area contributed by atoms with Crippen molar-refractivity contribution >= 4 is 23.3 Å². The van der Waals surface area contributed by atoms with E-state index in [4.69, 9.17) is 9.47 Å². The fourth-order valence-electron chi connectivity index (χ4n) is 5.27. The maximum absolute atomic E-state index is 12.7. The second-order valence-corrected chi connectivity index (χ2v) is 11.5. The molecule has 2 rings (SSSR count). The van der Waals surface area contributed by atoms with Crippen molar-refractivity contribution in [3.63, 3.8) is 0 Å². The highest BCUT2D eigenvalue weighted by atomic mass is 127. The summed E-state index contributed by atoms with van der Waals surface area (Å²) in [5.41, 5.74) is 2.03. The first-order valence-electron chi connectivity index (χ1n) is 15.2. The lowest BCUT2D eigenvalue weighted by atomic mass is 10.0. The van der Waals surface area contributed by atoms with Gasteiger partial charge in [-0.05, 0) is 12.8 Å². The Labute approximate surface area is 254 Å². The van der Waals surface area contributed by atoms with Crippen LogP contribution in [0.1, 0.15) is 136 Å². The topological polar surface area (TPSA) is 61.3 Å². The SMILES string of the molecule is CCCCCCCCCCCCC(=O)OC(CC)[N+]1(C)CCC=C(c2nsnc2OCCCCCC)C1.[I-]. The summed E-state index contributed by atoms with van der Waals surface area (Å²) in [6.07, 6.45) is 21.8. The predicted octanol–water partition coefficient (Wildman–Crippen LogP) is 5.33. The van der Waals surface area contributed by atoms with Gasteiger partial charge in [0.15, 0.2) is 0 Å². The van der Waals surface area contributed by atoms with E-state index >= 15 is 0 Å². The maximum atomic E-state index is 12.7. The Morgan fingerprint density at radius 2 is 1.53 bits per heavy atom. The van der Waals surface area contributed by atoms with E-state index in [1.165, 1.54) is 82.4 Å². The Kier molecular flexibility index (Phi) is 19.6. The van der Waals surface area contributed by atoms with E-state index in [0.717, 1.165) is 56.5 Å². The van der Waals surface area contributed by atoms with Crippen molar-refractivity contribution in [2.24, 2.45) is 0 Å². The van der Waals surface area contributed by atoms with Crippen molar-refractivity contribution in [1.82, 2.24) is 8.75 Å². The third kappa shape index (κ3) is 13.1. The summed E-state index contributed by atoms with van der Waals surface area (Å²) in [5.74, 6) is 0.612. The lowest BCUT2D eigenvalue weighted by Crippen LogP contribution is -3.00. The van der Waals surface area contributed by atoms with Gasteiger partial charge >= 0.3 is 5.97 Å². The zero-order chi connectivity index (χ0) is 26.8. The van der Waals surface area contributed by atoms with Crippen LogP contribution in [0.2, 0.25) is 0 Å². The molecule has 1 aromatic rings. The van der Waals surface area contributed by atoms with Crippen LogP contribution in [0.15, 0.2) is 6.08 Å². The Hall–Kier alpha value is -0.740. The van der Waals surface area contributed by atoms with Gasteiger partial charge in [0.25, 0.3) is 5.88 Å². The summed E-state index contributed by atoms with van der Waals surface area (Å²) in [6.45, 7) is 9.02. The van der Waals surface area contributed by atoms with E-state index in [9.17, 15) is 4.79 Å².